The molecule has 0 unspecified atom stereocenters. The highest BCUT2D eigenvalue weighted by atomic mass is 16.1. The molecule has 1 aromatic heterocycles. The van der Waals surface area contributed by atoms with Crippen LogP contribution in [0.3, 0.4) is 0 Å². The van der Waals surface area contributed by atoms with Gasteiger partial charge >= 0.3 is 0 Å². The fraction of sp³-hybridized carbons (Fsp3) is 0.471. The number of amides is 1. The molecule has 6 heteroatoms. The van der Waals surface area contributed by atoms with Gasteiger partial charge in [0.05, 0.1) is 6.54 Å². The van der Waals surface area contributed by atoms with Gasteiger partial charge in [-0.3, -0.25) is 9.69 Å². The van der Waals surface area contributed by atoms with Crippen molar-refractivity contribution in [2.75, 3.05) is 6.54 Å². The first-order valence-electron chi connectivity index (χ1n) is 8.04. The third kappa shape index (κ3) is 3.59. The number of nitrogens with zero attached hydrogens (tertiary/aromatic N) is 4. The van der Waals surface area contributed by atoms with Crippen LogP contribution in [0.5, 0.6) is 0 Å². The molecule has 23 heavy (non-hydrogen) atoms. The molecule has 1 atom stereocenters. The first-order valence-corrected chi connectivity index (χ1v) is 8.04. The summed E-state index contributed by atoms with van der Waals surface area (Å²) >= 11 is 0. The summed E-state index contributed by atoms with van der Waals surface area (Å²) < 4.78 is 2.00. The van der Waals surface area contributed by atoms with Gasteiger partial charge in [0.15, 0.2) is 0 Å². The first kappa shape index (κ1) is 15.7. The minimum absolute atomic E-state index is 0.376. The lowest BCUT2D eigenvalue weighted by Gasteiger charge is -2.24. The first-order chi connectivity index (χ1) is 11.0. The van der Waals surface area contributed by atoms with Crippen molar-refractivity contribution in [3.63, 3.8) is 0 Å². The Morgan fingerprint density at radius 1 is 1.39 bits per heavy atom. The number of benzene rings is 1. The van der Waals surface area contributed by atoms with E-state index in [1.165, 1.54) is 6.42 Å². The summed E-state index contributed by atoms with van der Waals surface area (Å²) in [5, 5.41) is 4.47. The number of likely N-dealkylation sites (tertiary alicyclic amines) is 1. The van der Waals surface area contributed by atoms with Gasteiger partial charge in [0.1, 0.15) is 11.6 Å². The van der Waals surface area contributed by atoms with Crippen molar-refractivity contribution in [1.29, 1.82) is 0 Å². The van der Waals surface area contributed by atoms with E-state index in [0.717, 1.165) is 43.3 Å². The number of aromatic nitrogens is 3. The van der Waals surface area contributed by atoms with Gasteiger partial charge in [0.2, 0.25) is 5.91 Å². The Morgan fingerprint density at radius 3 is 2.91 bits per heavy atom. The standard InChI is InChI=1S/C17H23N5O/c1-12-19-13(2)22(20-12)11-16-7-4-8-21(16)10-14-5-3-6-15(9-14)17(18)23/h3,5-6,9,16H,4,7-8,10-11H2,1-2H3,(H2,18,23)/t16-/m1/s1. The molecule has 0 bridgehead atoms. The summed E-state index contributed by atoms with van der Waals surface area (Å²) in [6.45, 7) is 6.68. The molecule has 1 amide bonds. The van der Waals surface area contributed by atoms with Crippen molar-refractivity contribution in [2.45, 2.75) is 45.8 Å². The molecular formula is C17H23N5O. The maximum Gasteiger partial charge on any atom is 0.248 e. The smallest absolute Gasteiger partial charge is 0.248 e. The number of hydrogen-bond acceptors (Lipinski definition) is 4. The molecule has 1 fully saturated rings. The molecule has 1 aliphatic rings. The summed E-state index contributed by atoms with van der Waals surface area (Å²) in [4.78, 5) is 18.2. The SMILES string of the molecule is Cc1nc(C)n(C[C@H]2CCCN2Cc2cccc(C(N)=O)c2)n1. The second-order valence-electron chi connectivity index (χ2n) is 6.22. The fourth-order valence-corrected chi connectivity index (χ4v) is 3.30. The summed E-state index contributed by atoms with van der Waals surface area (Å²) in [6, 6.07) is 8.04. The number of primary amides is 1. The minimum atomic E-state index is -0.376. The van der Waals surface area contributed by atoms with Crippen LogP contribution in [0, 0.1) is 13.8 Å². The molecule has 2 aromatic rings. The third-order valence-corrected chi connectivity index (χ3v) is 4.44. The van der Waals surface area contributed by atoms with E-state index in [1.54, 1.807) is 6.07 Å². The lowest BCUT2D eigenvalue weighted by Crippen LogP contribution is -2.33. The number of rotatable bonds is 5. The molecule has 0 radical (unpaired) electrons. The average Bonchev–Trinajstić information content (AvgIpc) is 3.06. The second kappa shape index (κ2) is 6.50. The Kier molecular flexibility index (Phi) is 4.43. The number of hydrogen-bond donors (Lipinski definition) is 1. The van der Waals surface area contributed by atoms with E-state index in [4.69, 9.17) is 5.73 Å². The van der Waals surface area contributed by atoms with Crippen molar-refractivity contribution in [2.24, 2.45) is 5.73 Å². The Hall–Kier alpha value is -2.21. The van der Waals surface area contributed by atoms with Crippen LogP contribution in [0.25, 0.3) is 0 Å². The van der Waals surface area contributed by atoms with Crippen molar-refractivity contribution in [3.05, 3.63) is 47.0 Å². The number of aryl methyl sites for hydroxylation is 2. The van der Waals surface area contributed by atoms with Gasteiger partial charge in [-0.1, -0.05) is 12.1 Å². The Labute approximate surface area is 136 Å². The van der Waals surface area contributed by atoms with Crippen LogP contribution >= 0.6 is 0 Å². The second-order valence-corrected chi connectivity index (χ2v) is 6.22. The average molecular weight is 313 g/mol. The fourth-order valence-electron chi connectivity index (χ4n) is 3.30. The van der Waals surface area contributed by atoms with E-state index in [0.29, 0.717) is 11.6 Å². The lowest BCUT2D eigenvalue weighted by molar-refractivity contribution is 0.1000. The predicted octanol–water partition coefficient (Wildman–Crippen LogP) is 1.66. The van der Waals surface area contributed by atoms with Gasteiger partial charge in [-0.15, -0.1) is 0 Å². The van der Waals surface area contributed by atoms with Crippen molar-refractivity contribution in [3.8, 4) is 0 Å². The van der Waals surface area contributed by atoms with Crippen LogP contribution in [-0.2, 0) is 13.1 Å². The predicted molar refractivity (Wildman–Crippen MR) is 87.9 cm³/mol. The molecule has 3 rings (SSSR count). The van der Waals surface area contributed by atoms with Crippen LogP contribution in [0.2, 0.25) is 0 Å². The van der Waals surface area contributed by atoms with E-state index in [2.05, 4.69) is 15.0 Å². The highest BCUT2D eigenvalue weighted by Gasteiger charge is 2.25. The largest absolute Gasteiger partial charge is 0.366 e. The topological polar surface area (TPSA) is 77.0 Å². The van der Waals surface area contributed by atoms with Crippen molar-refractivity contribution < 1.29 is 4.79 Å². The summed E-state index contributed by atoms with van der Waals surface area (Å²) in [5.74, 6) is 1.41. The third-order valence-electron chi connectivity index (χ3n) is 4.44. The van der Waals surface area contributed by atoms with Crippen LogP contribution in [-0.4, -0.2) is 38.2 Å². The van der Waals surface area contributed by atoms with E-state index in [-0.39, 0.29) is 5.91 Å². The lowest BCUT2D eigenvalue weighted by atomic mass is 10.1. The van der Waals surface area contributed by atoms with Gasteiger partial charge in [-0.2, -0.15) is 5.10 Å². The number of carbonyl (C=O) groups is 1. The van der Waals surface area contributed by atoms with Crippen LogP contribution in [0.15, 0.2) is 24.3 Å². The zero-order valence-electron chi connectivity index (χ0n) is 13.7. The zero-order valence-corrected chi connectivity index (χ0v) is 13.7. The Balaban J connectivity index is 1.70. The number of nitrogens with two attached hydrogens (primary N) is 1. The van der Waals surface area contributed by atoms with Gasteiger partial charge in [0, 0.05) is 18.2 Å². The maximum absolute atomic E-state index is 11.3. The van der Waals surface area contributed by atoms with Crippen molar-refractivity contribution >= 4 is 5.91 Å². The zero-order chi connectivity index (χ0) is 16.4. The van der Waals surface area contributed by atoms with E-state index in [9.17, 15) is 4.79 Å². The highest BCUT2D eigenvalue weighted by molar-refractivity contribution is 5.92. The molecule has 0 spiro atoms. The quantitative estimate of drug-likeness (QED) is 0.910. The molecule has 1 aliphatic heterocycles. The van der Waals surface area contributed by atoms with Gasteiger partial charge < -0.3 is 5.73 Å². The molecule has 0 aliphatic carbocycles. The van der Waals surface area contributed by atoms with E-state index < -0.39 is 0 Å². The molecule has 2 heterocycles. The summed E-state index contributed by atoms with van der Waals surface area (Å²) in [6.07, 6.45) is 2.35. The molecule has 1 saturated heterocycles. The molecule has 2 N–H and O–H groups in total. The van der Waals surface area contributed by atoms with Gasteiger partial charge in [-0.25, -0.2) is 9.67 Å². The van der Waals surface area contributed by atoms with E-state index >= 15 is 0 Å². The summed E-state index contributed by atoms with van der Waals surface area (Å²) in [7, 11) is 0. The molecule has 0 saturated carbocycles. The molecule has 122 valence electrons. The van der Waals surface area contributed by atoms with Crippen molar-refractivity contribution in [1.82, 2.24) is 19.7 Å². The summed E-state index contributed by atoms with van der Waals surface area (Å²) in [5.41, 5.74) is 7.06. The number of carbonyl (C=O) groups excluding carboxylic acids is 1. The molecular weight excluding hydrogens is 290 g/mol. The maximum atomic E-state index is 11.3. The monoisotopic (exact) mass is 313 g/mol. The Morgan fingerprint density at radius 2 is 2.22 bits per heavy atom. The van der Waals surface area contributed by atoms with E-state index in [1.807, 2.05) is 36.7 Å². The van der Waals surface area contributed by atoms with Gasteiger partial charge in [-0.05, 0) is 50.9 Å². The van der Waals surface area contributed by atoms with Crippen LogP contribution in [0.1, 0.15) is 40.4 Å². The minimum Gasteiger partial charge on any atom is -0.366 e. The highest BCUT2D eigenvalue weighted by Crippen LogP contribution is 2.22. The molecule has 6 nitrogen and oxygen atoms in total. The van der Waals surface area contributed by atoms with Gasteiger partial charge in [0.25, 0.3) is 0 Å². The Bertz CT molecular complexity index is 709. The molecule has 1 aromatic carbocycles. The van der Waals surface area contributed by atoms with Crippen LogP contribution in [0.4, 0.5) is 0 Å². The van der Waals surface area contributed by atoms with Crippen LogP contribution < -0.4 is 5.73 Å². The normalized spacial score (nSPS) is 18.4.